The van der Waals surface area contributed by atoms with Crippen LogP contribution in [0.3, 0.4) is 0 Å². The van der Waals surface area contributed by atoms with Gasteiger partial charge in [0.2, 0.25) is 0 Å². The highest BCUT2D eigenvalue weighted by molar-refractivity contribution is 5.68. The van der Waals surface area contributed by atoms with Gasteiger partial charge in [-0.05, 0) is 17.7 Å². The maximum absolute atomic E-state index is 11.4. The average Bonchev–Trinajstić information content (AvgIpc) is 2.40. The molecule has 0 aliphatic rings. The number of pyridine rings is 1. The maximum atomic E-state index is 11.4. The Bertz CT molecular complexity index is 570. The Morgan fingerprint density at radius 1 is 1.17 bits per heavy atom. The molecule has 0 spiro atoms. The van der Waals surface area contributed by atoms with E-state index >= 15 is 0 Å². The van der Waals surface area contributed by atoms with E-state index in [-0.39, 0.29) is 6.61 Å². The largest absolute Gasteiger partial charge is 0.443 e. The Labute approximate surface area is 104 Å². The van der Waals surface area contributed by atoms with Crippen LogP contribution in [0.5, 0.6) is 0 Å². The first-order chi connectivity index (χ1) is 8.74. The van der Waals surface area contributed by atoms with Gasteiger partial charge in [0.05, 0.1) is 5.36 Å². The number of amides is 1. The van der Waals surface area contributed by atoms with Gasteiger partial charge in [-0.2, -0.15) is 4.99 Å². The third kappa shape index (κ3) is 3.48. The number of carbonyl (C=O) groups excluding carboxylic acids is 1. The van der Waals surface area contributed by atoms with Gasteiger partial charge in [-0.15, -0.1) is 0 Å². The third-order valence-electron chi connectivity index (χ3n) is 2.22. The number of benzene rings is 1. The fourth-order valence-electron chi connectivity index (χ4n) is 1.34. The van der Waals surface area contributed by atoms with Gasteiger partial charge in [0.15, 0.2) is 0 Å². The molecule has 0 saturated heterocycles. The summed E-state index contributed by atoms with van der Waals surface area (Å²) in [5, 5.41) is 9.43. The number of hydrogen-bond donors (Lipinski definition) is 1. The lowest BCUT2D eigenvalue weighted by atomic mass is 10.2. The third-order valence-corrected chi connectivity index (χ3v) is 2.22. The molecule has 2 aromatic rings. The van der Waals surface area contributed by atoms with Gasteiger partial charge < -0.3 is 9.94 Å². The van der Waals surface area contributed by atoms with E-state index in [4.69, 9.17) is 9.94 Å². The number of carbonyl (C=O) groups is 1. The molecule has 18 heavy (non-hydrogen) atoms. The van der Waals surface area contributed by atoms with Crippen LogP contribution >= 0.6 is 0 Å². The monoisotopic (exact) mass is 244 g/mol. The van der Waals surface area contributed by atoms with Gasteiger partial charge in [-0.1, -0.05) is 30.3 Å². The normalized spacial score (nSPS) is 9.78. The Balaban J connectivity index is 1.97. The smallest absolute Gasteiger partial charge is 0.434 e. The van der Waals surface area contributed by atoms with Crippen molar-refractivity contribution in [3.8, 4) is 0 Å². The molecular weight excluding hydrogens is 232 g/mol. The molecule has 1 heterocycles. The minimum Gasteiger partial charge on any atom is -0.443 e. The van der Waals surface area contributed by atoms with Crippen LogP contribution in [0.1, 0.15) is 5.56 Å². The fourth-order valence-corrected chi connectivity index (χ4v) is 1.34. The van der Waals surface area contributed by atoms with E-state index in [1.54, 1.807) is 0 Å². The van der Waals surface area contributed by atoms with Crippen LogP contribution in [0.15, 0.2) is 59.9 Å². The quantitative estimate of drug-likeness (QED) is 0.821. The zero-order valence-corrected chi connectivity index (χ0v) is 9.56. The molecule has 0 aliphatic carbocycles. The lowest BCUT2D eigenvalue weighted by Gasteiger charge is -2.00. The van der Waals surface area contributed by atoms with Crippen molar-refractivity contribution < 1.29 is 14.7 Å². The molecule has 0 atom stereocenters. The molecule has 0 fully saturated rings. The van der Waals surface area contributed by atoms with E-state index in [0.29, 0.717) is 5.36 Å². The number of rotatable bonds is 2. The number of ether oxygens (including phenoxy) is 1. The topological polar surface area (TPSA) is 63.8 Å². The van der Waals surface area contributed by atoms with Gasteiger partial charge in [0.25, 0.3) is 0 Å². The van der Waals surface area contributed by atoms with Gasteiger partial charge in [0.1, 0.15) is 6.61 Å². The summed E-state index contributed by atoms with van der Waals surface area (Å²) >= 11 is 0. The van der Waals surface area contributed by atoms with Crippen LogP contribution in [-0.4, -0.2) is 16.0 Å². The van der Waals surface area contributed by atoms with Crippen LogP contribution in [0, 0.1) is 0 Å². The Kier molecular flexibility index (Phi) is 3.76. The SMILES string of the molecule is O=C(N=c1ccn(O)cc1)OCc1ccccc1. The lowest BCUT2D eigenvalue weighted by Crippen LogP contribution is -2.09. The zero-order valence-electron chi connectivity index (χ0n) is 9.56. The summed E-state index contributed by atoms with van der Waals surface area (Å²) in [7, 11) is 0. The predicted octanol–water partition coefficient (Wildman–Crippen LogP) is 1.96. The molecule has 5 heteroatoms. The fraction of sp³-hybridized carbons (Fsp3) is 0.0769. The van der Waals surface area contributed by atoms with Crippen LogP contribution in [0.2, 0.25) is 0 Å². The first-order valence-corrected chi connectivity index (χ1v) is 5.37. The van der Waals surface area contributed by atoms with E-state index in [2.05, 4.69) is 4.99 Å². The highest BCUT2D eigenvalue weighted by Gasteiger charge is 1.99. The molecule has 1 N–H and O–H groups in total. The van der Waals surface area contributed by atoms with Crippen LogP contribution < -0.4 is 5.36 Å². The summed E-state index contributed by atoms with van der Waals surface area (Å²) in [6, 6.07) is 12.4. The second kappa shape index (κ2) is 5.67. The van der Waals surface area contributed by atoms with Gasteiger partial charge in [-0.3, -0.25) is 0 Å². The molecule has 0 bridgehead atoms. The van der Waals surface area contributed by atoms with Gasteiger partial charge in [-0.25, -0.2) is 9.52 Å². The summed E-state index contributed by atoms with van der Waals surface area (Å²) in [6.07, 6.45) is 2.10. The summed E-state index contributed by atoms with van der Waals surface area (Å²) < 4.78 is 5.86. The standard InChI is InChI=1S/C13H12N2O3/c16-13(14-12-6-8-15(17)9-7-12)18-10-11-4-2-1-3-5-11/h1-9,17H,10H2. The van der Waals surface area contributed by atoms with E-state index < -0.39 is 6.09 Å². The molecular formula is C13H12N2O3. The van der Waals surface area contributed by atoms with Crippen LogP contribution in [0.25, 0.3) is 0 Å². The Morgan fingerprint density at radius 3 is 2.50 bits per heavy atom. The van der Waals surface area contributed by atoms with Crippen LogP contribution in [-0.2, 0) is 11.3 Å². The molecule has 92 valence electrons. The second-order valence-electron chi connectivity index (χ2n) is 3.59. The summed E-state index contributed by atoms with van der Waals surface area (Å²) in [5.41, 5.74) is 0.905. The second-order valence-corrected chi connectivity index (χ2v) is 3.59. The summed E-state index contributed by atoms with van der Waals surface area (Å²) in [5.74, 6) is 0. The molecule has 1 aromatic heterocycles. The van der Waals surface area contributed by atoms with Crippen LogP contribution in [0.4, 0.5) is 4.79 Å². The average molecular weight is 244 g/mol. The first kappa shape index (κ1) is 11.9. The van der Waals surface area contributed by atoms with Crippen molar-refractivity contribution in [1.82, 2.24) is 4.73 Å². The van der Waals surface area contributed by atoms with Crippen molar-refractivity contribution in [2.45, 2.75) is 6.61 Å². The van der Waals surface area contributed by atoms with E-state index in [9.17, 15) is 4.79 Å². The van der Waals surface area contributed by atoms with Gasteiger partial charge in [0, 0.05) is 12.4 Å². The summed E-state index contributed by atoms with van der Waals surface area (Å²) in [4.78, 5) is 15.1. The van der Waals surface area contributed by atoms with Crippen molar-refractivity contribution in [1.29, 1.82) is 0 Å². The van der Waals surface area contributed by atoms with Crippen molar-refractivity contribution in [3.05, 3.63) is 65.8 Å². The number of nitrogens with zero attached hydrogens (tertiary/aromatic N) is 2. The van der Waals surface area contributed by atoms with Gasteiger partial charge >= 0.3 is 6.09 Å². The maximum Gasteiger partial charge on any atom is 0.434 e. The van der Waals surface area contributed by atoms with E-state index in [1.807, 2.05) is 30.3 Å². The Morgan fingerprint density at radius 2 is 1.83 bits per heavy atom. The molecule has 2 rings (SSSR count). The molecule has 5 nitrogen and oxygen atoms in total. The van der Waals surface area contributed by atoms with E-state index in [1.165, 1.54) is 24.5 Å². The zero-order chi connectivity index (χ0) is 12.8. The van der Waals surface area contributed by atoms with E-state index in [0.717, 1.165) is 10.3 Å². The minimum absolute atomic E-state index is 0.190. The molecule has 1 amide bonds. The van der Waals surface area contributed by atoms with Crippen molar-refractivity contribution >= 4 is 6.09 Å². The molecule has 0 saturated carbocycles. The van der Waals surface area contributed by atoms with Crippen molar-refractivity contribution in [2.75, 3.05) is 0 Å². The van der Waals surface area contributed by atoms with Crippen molar-refractivity contribution in [2.24, 2.45) is 4.99 Å². The Hall–Kier alpha value is -2.56. The van der Waals surface area contributed by atoms with Crippen molar-refractivity contribution in [3.63, 3.8) is 0 Å². The minimum atomic E-state index is -0.658. The first-order valence-electron chi connectivity index (χ1n) is 5.37. The number of hydrogen-bond acceptors (Lipinski definition) is 3. The highest BCUT2D eigenvalue weighted by Crippen LogP contribution is 2.00. The summed E-state index contributed by atoms with van der Waals surface area (Å²) in [6.45, 7) is 0.190. The molecule has 0 unspecified atom stereocenters. The highest BCUT2D eigenvalue weighted by atomic mass is 16.5. The molecule has 0 radical (unpaired) electrons. The molecule has 1 aromatic carbocycles. The lowest BCUT2D eigenvalue weighted by molar-refractivity contribution is 0.149. The molecule has 0 aliphatic heterocycles. The number of aromatic nitrogens is 1. The predicted molar refractivity (Wildman–Crippen MR) is 63.8 cm³/mol.